The molecule has 120 valence electrons. The van der Waals surface area contributed by atoms with Crippen LogP contribution in [0.4, 0.5) is 5.69 Å². The molecule has 0 bridgehead atoms. The summed E-state index contributed by atoms with van der Waals surface area (Å²) in [5, 5.41) is 14.2. The number of likely N-dealkylation sites (tertiary alicyclic amines) is 1. The second kappa shape index (κ2) is 6.93. The molecule has 3 rings (SSSR count). The van der Waals surface area contributed by atoms with Crippen molar-refractivity contribution in [1.29, 1.82) is 0 Å². The van der Waals surface area contributed by atoms with Crippen molar-refractivity contribution >= 4 is 28.8 Å². The van der Waals surface area contributed by atoms with E-state index in [1.165, 1.54) is 11.3 Å². The van der Waals surface area contributed by atoms with Gasteiger partial charge >= 0.3 is 0 Å². The lowest BCUT2D eigenvalue weighted by Crippen LogP contribution is -2.40. The highest BCUT2D eigenvalue weighted by molar-refractivity contribution is 7.12. The van der Waals surface area contributed by atoms with E-state index in [9.17, 15) is 14.7 Å². The number of aliphatic hydroxyl groups excluding tert-OH is 1. The summed E-state index contributed by atoms with van der Waals surface area (Å²) in [6.45, 7) is 1.16. The van der Waals surface area contributed by atoms with Crippen LogP contribution in [0.2, 0.25) is 0 Å². The van der Waals surface area contributed by atoms with Gasteiger partial charge in [-0.05, 0) is 48.6 Å². The van der Waals surface area contributed by atoms with Gasteiger partial charge < -0.3 is 15.3 Å². The van der Waals surface area contributed by atoms with Gasteiger partial charge in [-0.1, -0.05) is 6.07 Å². The Morgan fingerprint density at radius 3 is 2.43 bits per heavy atom. The maximum absolute atomic E-state index is 12.4. The van der Waals surface area contributed by atoms with Crippen LogP contribution >= 0.6 is 11.3 Å². The van der Waals surface area contributed by atoms with Gasteiger partial charge in [-0.3, -0.25) is 9.59 Å². The standard InChI is InChI=1S/C17H18N2O3S/c20-14-7-9-19(10-8-14)17(22)12-3-5-13(6-4-12)18-16(21)15-2-1-11-23-15/h1-6,11,14,20H,7-10H2,(H,18,21). The van der Waals surface area contributed by atoms with E-state index in [1.54, 1.807) is 35.2 Å². The van der Waals surface area contributed by atoms with Crippen molar-refractivity contribution in [2.45, 2.75) is 18.9 Å². The van der Waals surface area contributed by atoms with Crippen LogP contribution in [-0.2, 0) is 0 Å². The van der Waals surface area contributed by atoms with Gasteiger partial charge in [0.05, 0.1) is 11.0 Å². The summed E-state index contributed by atoms with van der Waals surface area (Å²) in [4.78, 5) is 26.8. The molecule has 1 aromatic heterocycles. The largest absolute Gasteiger partial charge is 0.393 e. The number of amides is 2. The van der Waals surface area contributed by atoms with Crippen molar-refractivity contribution in [2.24, 2.45) is 0 Å². The number of thiophene rings is 1. The molecule has 2 aromatic rings. The number of nitrogens with one attached hydrogen (secondary N) is 1. The predicted octanol–water partition coefficient (Wildman–Crippen LogP) is 2.60. The number of carbonyl (C=O) groups excluding carboxylic acids is 2. The van der Waals surface area contributed by atoms with Crippen LogP contribution in [0.5, 0.6) is 0 Å². The lowest BCUT2D eigenvalue weighted by atomic mass is 10.1. The summed E-state index contributed by atoms with van der Waals surface area (Å²) in [6, 6.07) is 10.5. The molecule has 0 unspecified atom stereocenters. The van der Waals surface area contributed by atoms with Gasteiger partial charge in [0.15, 0.2) is 0 Å². The minimum Gasteiger partial charge on any atom is -0.393 e. The molecule has 1 aliphatic rings. The highest BCUT2D eigenvalue weighted by atomic mass is 32.1. The third-order valence-electron chi connectivity index (χ3n) is 3.89. The lowest BCUT2D eigenvalue weighted by Gasteiger charge is -2.29. The number of anilines is 1. The Morgan fingerprint density at radius 1 is 1.13 bits per heavy atom. The number of aliphatic hydroxyl groups is 1. The van der Waals surface area contributed by atoms with Gasteiger partial charge in [0.1, 0.15) is 0 Å². The van der Waals surface area contributed by atoms with E-state index in [4.69, 9.17) is 0 Å². The summed E-state index contributed by atoms with van der Waals surface area (Å²) in [6.07, 6.45) is 0.954. The minimum atomic E-state index is -0.297. The molecule has 2 heterocycles. The number of benzene rings is 1. The molecule has 1 aromatic carbocycles. The molecule has 0 radical (unpaired) electrons. The van der Waals surface area contributed by atoms with Crippen LogP contribution in [0.15, 0.2) is 41.8 Å². The summed E-state index contributed by atoms with van der Waals surface area (Å²) in [5.41, 5.74) is 1.25. The van der Waals surface area contributed by atoms with Gasteiger partial charge in [-0.25, -0.2) is 0 Å². The van der Waals surface area contributed by atoms with Gasteiger partial charge in [-0.2, -0.15) is 0 Å². The van der Waals surface area contributed by atoms with E-state index < -0.39 is 0 Å². The molecule has 0 aliphatic carbocycles. The predicted molar refractivity (Wildman–Crippen MR) is 89.9 cm³/mol. The van der Waals surface area contributed by atoms with Crippen LogP contribution in [-0.4, -0.2) is 41.0 Å². The van der Waals surface area contributed by atoms with E-state index in [-0.39, 0.29) is 17.9 Å². The summed E-state index contributed by atoms with van der Waals surface area (Å²) < 4.78 is 0. The Labute approximate surface area is 138 Å². The Morgan fingerprint density at radius 2 is 1.83 bits per heavy atom. The van der Waals surface area contributed by atoms with Gasteiger partial charge in [0, 0.05) is 24.3 Å². The second-order valence-electron chi connectivity index (χ2n) is 5.53. The van der Waals surface area contributed by atoms with Gasteiger partial charge in [-0.15, -0.1) is 11.3 Å². The van der Waals surface area contributed by atoms with E-state index in [2.05, 4.69) is 5.32 Å². The summed E-state index contributed by atoms with van der Waals surface area (Å²) in [7, 11) is 0. The van der Waals surface area contributed by atoms with Crippen LogP contribution in [0.3, 0.4) is 0 Å². The Hall–Kier alpha value is -2.18. The average molecular weight is 330 g/mol. The normalized spacial score (nSPS) is 15.4. The zero-order valence-corrected chi connectivity index (χ0v) is 13.4. The number of nitrogens with zero attached hydrogens (tertiary/aromatic N) is 1. The molecule has 6 heteroatoms. The molecular formula is C17H18N2O3S. The first kappa shape index (κ1) is 15.7. The molecule has 2 N–H and O–H groups in total. The SMILES string of the molecule is O=C(Nc1ccc(C(=O)N2CCC(O)CC2)cc1)c1cccs1. The maximum Gasteiger partial charge on any atom is 0.265 e. The van der Waals surface area contributed by atoms with Crippen molar-refractivity contribution < 1.29 is 14.7 Å². The van der Waals surface area contributed by atoms with Crippen molar-refractivity contribution in [2.75, 3.05) is 18.4 Å². The number of carbonyl (C=O) groups is 2. The number of rotatable bonds is 3. The Kier molecular flexibility index (Phi) is 4.73. The number of hydrogen-bond acceptors (Lipinski definition) is 4. The third kappa shape index (κ3) is 3.78. The molecule has 1 saturated heterocycles. The molecule has 0 spiro atoms. The molecule has 2 amide bonds. The quantitative estimate of drug-likeness (QED) is 0.909. The van der Waals surface area contributed by atoms with Crippen LogP contribution in [0, 0.1) is 0 Å². The zero-order chi connectivity index (χ0) is 16.2. The van der Waals surface area contributed by atoms with Crippen LogP contribution in [0.25, 0.3) is 0 Å². The van der Waals surface area contributed by atoms with Crippen molar-refractivity contribution in [3.63, 3.8) is 0 Å². The maximum atomic E-state index is 12.4. The topological polar surface area (TPSA) is 69.6 Å². The molecule has 1 aliphatic heterocycles. The first-order valence-electron chi connectivity index (χ1n) is 7.56. The van der Waals surface area contributed by atoms with Crippen molar-refractivity contribution in [1.82, 2.24) is 4.90 Å². The molecule has 0 atom stereocenters. The van der Waals surface area contributed by atoms with E-state index in [1.807, 2.05) is 11.4 Å². The summed E-state index contributed by atoms with van der Waals surface area (Å²) >= 11 is 1.38. The highest BCUT2D eigenvalue weighted by Crippen LogP contribution is 2.17. The molecule has 1 fully saturated rings. The fourth-order valence-corrected chi connectivity index (χ4v) is 3.17. The third-order valence-corrected chi connectivity index (χ3v) is 4.76. The van der Waals surface area contributed by atoms with Crippen molar-refractivity contribution in [3.8, 4) is 0 Å². The van der Waals surface area contributed by atoms with Crippen molar-refractivity contribution in [3.05, 3.63) is 52.2 Å². The Bertz CT molecular complexity index is 674. The fourth-order valence-electron chi connectivity index (χ4n) is 2.55. The monoisotopic (exact) mass is 330 g/mol. The highest BCUT2D eigenvalue weighted by Gasteiger charge is 2.22. The molecular weight excluding hydrogens is 312 g/mol. The minimum absolute atomic E-state index is 0.0342. The molecule has 5 nitrogen and oxygen atoms in total. The Balaban J connectivity index is 1.62. The first-order chi connectivity index (χ1) is 11.1. The molecule has 23 heavy (non-hydrogen) atoms. The van der Waals surface area contributed by atoms with Gasteiger partial charge in [0.2, 0.25) is 0 Å². The smallest absolute Gasteiger partial charge is 0.265 e. The average Bonchev–Trinajstić information content (AvgIpc) is 3.10. The number of piperidine rings is 1. The fraction of sp³-hybridized carbons (Fsp3) is 0.294. The lowest BCUT2D eigenvalue weighted by molar-refractivity contribution is 0.0546. The van der Waals surface area contributed by atoms with E-state index in [0.29, 0.717) is 42.1 Å². The van der Waals surface area contributed by atoms with Crippen LogP contribution in [0.1, 0.15) is 32.9 Å². The van der Waals surface area contributed by atoms with Gasteiger partial charge in [0.25, 0.3) is 11.8 Å². The first-order valence-corrected chi connectivity index (χ1v) is 8.44. The van der Waals surface area contributed by atoms with Crippen LogP contribution < -0.4 is 5.32 Å². The second-order valence-corrected chi connectivity index (χ2v) is 6.48. The number of hydrogen-bond donors (Lipinski definition) is 2. The van der Waals surface area contributed by atoms with E-state index in [0.717, 1.165) is 0 Å². The van der Waals surface area contributed by atoms with E-state index >= 15 is 0 Å². The molecule has 0 saturated carbocycles. The summed E-state index contributed by atoms with van der Waals surface area (Å²) in [5.74, 6) is -0.183. The zero-order valence-electron chi connectivity index (χ0n) is 12.6.